The Kier molecular flexibility index (Phi) is 5.96. The van der Waals surface area contributed by atoms with Gasteiger partial charge in [-0.3, -0.25) is 4.90 Å². The van der Waals surface area contributed by atoms with Crippen molar-refractivity contribution in [2.75, 3.05) is 39.3 Å². The van der Waals surface area contributed by atoms with Crippen LogP contribution >= 0.6 is 0 Å². The Hall–Kier alpha value is -1.75. The predicted molar refractivity (Wildman–Crippen MR) is 95.5 cm³/mol. The standard InChI is InChI=1S/C19H29N3O2/c1-2-14-24-18-7-5-16(6-8-18)9-10-20-19(23)22-13-12-21-11-3-4-17(21)15-22/h5-8,17H,2-4,9-15H2,1H3,(H,20,23)/t17-/m1/s1. The molecule has 2 heterocycles. The molecule has 5 heteroatoms. The summed E-state index contributed by atoms with van der Waals surface area (Å²) in [6.07, 6.45) is 4.38. The van der Waals surface area contributed by atoms with E-state index in [4.69, 9.17) is 4.74 Å². The normalized spacial score (nSPS) is 20.7. The molecule has 2 amide bonds. The molecule has 0 spiro atoms. The molecule has 5 nitrogen and oxygen atoms in total. The molecule has 0 radical (unpaired) electrons. The minimum Gasteiger partial charge on any atom is -0.494 e. The predicted octanol–water partition coefficient (Wildman–Crippen LogP) is 2.51. The summed E-state index contributed by atoms with van der Waals surface area (Å²) in [5.41, 5.74) is 1.22. The van der Waals surface area contributed by atoms with Crippen LogP contribution < -0.4 is 10.1 Å². The zero-order chi connectivity index (χ0) is 16.8. The highest BCUT2D eigenvalue weighted by Crippen LogP contribution is 2.21. The fraction of sp³-hybridized carbons (Fsp3) is 0.632. The fourth-order valence-corrected chi connectivity index (χ4v) is 3.57. The molecule has 0 bridgehead atoms. The molecule has 2 fully saturated rings. The topological polar surface area (TPSA) is 44.8 Å². The summed E-state index contributed by atoms with van der Waals surface area (Å²) in [5, 5.41) is 3.07. The first-order valence-electron chi connectivity index (χ1n) is 9.25. The van der Waals surface area contributed by atoms with Crippen molar-refractivity contribution < 1.29 is 9.53 Å². The van der Waals surface area contributed by atoms with E-state index < -0.39 is 0 Å². The molecule has 1 N–H and O–H groups in total. The lowest BCUT2D eigenvalue weighted by Crippen LogP contribution is -2.54. The van der Waals surface area contributed by atoms with Crippen LogP contribution in [0.3, 0.4) is 0 Å². The lowest BCUT2D eigenvalue weighted by Gasteiger charge is -2.37. The van der Waals surface area contributed by atoms with Gasteiger partial charge in [0.1, 0.15) is 5.75 Å². The van der Waals surface area contributed by atoms with Gasteiger partial charge in [0.05, 0.1) is 6.61 Å². The second-order valence-corrected chi connectivity index (χ2v) is 6.75. The Morgan fingerprint density at radius 1 is 1.25 bits per heavy atom. The zero-order valence-corrected chi connectivity index (χ0v) is 14.7. The monoisotopic (exact) mass is 331 g/mol. The summed E-state index contributed by atoms with van der Waals surface area (Å²) in [4.78, 5) is 16.8. The van der Waals surface area contributed by atoms with E-state index in [0.717, 1.165) is 44.8 Å². The minimum absolute atomic E-state index is 0.0875. The molecule has 3 rings (SSSR count). The molecule has 0 aromatic heterocycles. The molecule has 1 aromatic rings. The third-order valence-corrected chi connectivity index (χ3v) is 4.96. The summed E-state index contributed by atoms with van der Waals surface area (Å²) >= 11 is 0. The van der Waals surface area contributed by atoms with Crippen molar-refractivity contribution in [3.63, 3.8) is 0 Å². The third-order valence-electron chi connectivity index (χ3n) is 4.96. The molecule has 0 aliphatic carbocycles. The molecule has 132 valence electrons. The van der Waals surface area contributed by atoms with Crippen molar-refractivity contribution in [3.05, 3.63) is 29.8 Å². The Balaban J connectivity index is 1.38. The van der Waals surface area contributed by atoms with Crippen molar-refractivity contribution in [2.45, 2.75) is 38.6 Å². The van der Waals surface area contributed by atoms with E-state index in [1.54, 1.807) is 0 Å². The number of ether oxygens (including phenoxy) is 1. The van der Waals surface area contributed by atoms with Crippen LogP contribution in [0.25, 0.3) is 0 Å². The van der Waals surface area contributed by atoms with Crippen LogP contribution in [-0.2, 0) is 6.42 Å². The van der Waals surface area contributed by atoms with Gasteiger partial charge in [-0.15, -0.1) is 0 Å². The van der Waals surface area contributed by atoms with Crippen LogP contribution in [-0.4, -0.2) is 61.2 Å². The number of nitrogens with one attached hydrogen (secondary N) is 1. The Morgan fingerprint density at radius 2 is 2.08 bits per heavy atom. The molecule has 24 heavy (non-hydrogen) atoms. The second-order valence-electron chi connectivity index (χ2n) is 6.75. The van der Waals surface area contributed by atoms with Crippen molar-refractivity contribution in [2.24, 2.45) is 0 Å². The number of benzene rings is 1. The van der Waals surface area contributed by atoms with E-state index in [9.17, 15) is 4.79 Å². The van der Waals surface area contributed by atoms with E-state index in [-0.39, 0.29) is 6.03 Å². The van der Waals surface area contributed by atoms with Crippen LogP contribution in [0.4, 0.5) is 4.79 Å². The maximum Gasteiger partial charge on any atom is 0.317 e. The summed E-state index contributed by atoms with van der Waals surface area (Å²) in [5.74, 6) is 0.916. The van der Waals surface area contributed by atoms with Gasteiger partial charge in [0, 0.05) is 32.2 Å². The van der Waals surface area contributed by atoms with Gasteiger partial charge >= 0.3 is 6.03 Å². The lowest BCUT2D eigenvalue weighted by atomic mass is 10.1. The fourth-order valence-electron chi connectivity index (χ4n) is 3.57. The van der Waals surface area contributed by atoms with Crippen molar-refractivity contribution in [1.29, 1.82) is 0 Å². The first-order chi connectivity index (χ1) is 11.8. The van der Waals surface area contributed by atoms with Crippen molar-refractivity contribution in [3.8, 4) is 5.75 Å². The molecule has 2 aliphatic rings. The third kappa shape index (κ3) is 4.41. The average Bonchev–Trinajstić information content (AvgIpc) is 3.08. The number of hydrogen-bond donors (Lipinski definition) is 1. The summed E-state index contributed by atoms with van der Waals surface area (Å²) < 4.78 is 5.59. The van der Waals surface area contributed by atoms with Gasteiger partial charge in [-0.25, -0.2) is 4.79 Å². The van der Waals surface area contributed by atoms with Crippen LogP contribution in [0, 0.1) is 0 Å². The summed E-state index contributed by atoms with van der Waals surface area (Å²) in [6.45, 7) is 7.50. The maximum absolute atomic E-state index is 12.3. The highest BCUT2D eigenvalue weighted by atomic mass is 16.5. The Labute approximate surface area is 145 Å². The molecule has 1 aromatic carbocycles. The van der Waals surface area contributed by atoms with Crippen molar-refractivity contribution >= 4 is 6.03 Å². The number of nitrogens with zero attached hydrogens (tertiary/aromatic N) is 2. The van der Waals surface area contributed by atoms with E-state index in [2.05, 4.69) is 29.3 Å². The van der Waals surface area contributed by atoms with Gasteiger partial charge in [0.2, 0.25) is 0 Å². The summed E-state index contributed by atoms with van der Waals surface area (Å²) in [6, 6.07) is 8.84. The molecule has 2 aliphatic heterocycles. The highest BCUT2D eigenvalue weighted by molar-refractivity contribution is 5.74. The van der Waals surface area contributed by atoms with Crippen LogP contribution in [0.5, 0.6) is 5.75 Å². The highest BCUT2D eigenvalue weighted by Gasteiger charge is 2.32. The number of urea groups is 1. The van der Waals surface area contributed by atoms with E-state index in [1.165, 1.54) is 24.9 Å². The largest absolute Gasteiger partial charge is 0.494 e. The van der Waals surface area contributed by atoms with Gasteiger partial charge in [0.25, 0.3) is 0 Å². The number of carbonyl (C=O) groups excluding carboxylic acids is 1. The van der Waals surface area contributed by atoms with Gasteiger partial charge in [0.15, 0.2) is 0 Å². The summed E-state index contributed by atoms with van der Waals surface area (Å²) in [7, 11) is 0. The van der Waals surface area contributed by atoms with Gasteiger partial charge < -0.3 is 15.0 Å². The number of piperazine rings is 1. The molecular weight excluding hydrogens is 302 g/mol. The first kappa shape index (κ1) is 17.1. The Morgan fingerprint density at radius 3 is 2.88 bits per heavy atom. The average molecular weight is 331 g/mol. The quantitative estimate of drug-likeness (QED) is 0.871. The SMILES string of the molecule is CCCOc1ccc(CCNC(=O)N2CCN3CCC[C@@H]3C2)cc1. The number of hydrogen-bond acceptors (Lipinski definition) is 3. The van der Waals surface area contributed by atoms with E-state index in [1.807, 2.05) is 17.0 Å². The van der Waals surface area contributed by atoms with Gasteiger partial charge in [-0.1, -0.05) is 19.1 Å². The second kappa shape index (κ2) is 8.38. The number of rotatable bonds is 6. The number of carbonyl (C=O) groups is 1. The number of amides is 2. The molecule has 0 unspecified atom stereocenters. The van der Waals surface area contributed by atoms with Crippen molar-refractivity contribution in [1.82, 2.24) is 15.1 Å². The number of fused-ring (bicyclic) bond motifs is 1. The van der Waals surface area contributed by atoms with E-state index in [0.29, 0.717) is 12.6 Å². The first-order valence-corrected chi connectivity index (χ1v) is 9.25. The smallest absolute Gasteiger partial charge is 0.317 e. The van der Waals surface area contributed by atoms with E-state index >= 15 is 0 Å². The zero-order valence-electron chi connectivity index (χ0n) is 14.7. The van der Waals surface area contributed by atoms with Crippen LogP contribution in [0.15, 0.2) is 24.3 Å². The molecular formula is C19H29N3O2. The van der Waals surface area contributed by atoms with Crippen LogP contribution in [0.1, 0.15) is 31.7 Å². The minimum atomic E-state index is 0.0875. The van der Waals surface area contributed by atoms with Gasteiger partial charge in [-0.2, -0.15) is 0 Å². The molecule has 0 saturated carbocycles. The van der Waals surface area contributed by atoms with Gasteiger partial charge in [-0.05, 0) is 49.9 Å². The maximum atomic E-state index is 12.3. The Bertz CT molecular complexity index is 532. The molecule has 2 saturated heterocycles. The lowest BCUT2D eigenvalue weighted by molar-refractivity contribution is 0.117. The van der Waals surface area contributed by atoms with Crippen LogP contribution in [0.2, 0.25) is 0 Å². The molecule has 1 atom stereocenters.